The SMILES string of the molecule is Cc1[nH]c(=O)c(C#N)c(C)c1CCC(=O)OCC(=O)c1ccc2c(c1)OCO2. The number of aromatic nitrogens is 1. The van der Waals surface area contributed by atoms with Crippen LogP contribution in [0.15, 0.2) is 23.0 Å². The van der Waals surface area contributed by atoms with Crippen LogP contribution in [0.1, 0.15) is 39.2 Å². The molecule has 1 aromatic heterocycles. The minimum Gasteiger partial charge on any atom is -0.457 e. The van der Waals surface area contributed by atoms with Crippen LogP contribution in [0.4, 0.5) is 0 Å². The zero-order valence-corrected chi connectivity index (χ0v) is 15.5. The van der Waals surface area contributed by atoms with Crippen LogP contribution in [0.2, 0.25) is 0 Å². The third kappa shape index (κ3) is 3.88. The first-order valence-corrected chi connectivity index (χ1v) is 8.61. The normalized spacial score (nSPS) is 11.8. The zero-order valence-electron chi connectivity index (χ0n) is 15.5. The van der Waals surface area contributed by atoms with E-state index in [1.807, 2.05) is 6.07 Å². The van der Waals surface area contributed by atoms with E-state index in [1.54, 1.807) is 32.0 Å². The topological polar surface area (TPSA) is 118 Å². The van der Waals surface area contributed by atoms with E-state index >= 15 is 0 Å². The van der Waals surface area contributed by atoms with Crippen molar-refractivity contribution < 1.29 is 23.8 Å². The van der Waals surface area contributed by atoms with Crippen LogP contribution in [-0.4, -0.2) is 30.1 Å². The Morgan fingerprint density at radius 2 is 2.00 bits per heavy atom. The van der Waals surface area contributed by atoms with Gasteiger partial charge >= 0.3 is 5.97 Å². The number of fused-ring (bicyclic) bond motifs is 1. The molecule has 1 N–H and O–H groups in total. The molecule has 0 aliphatic carbocycles. The Balaban J connectivity index is 1.58. The number of esters is 1. The van der Waals surface area contributed by atoms with Gasteiger partial charge in [0.05, 0.1) is 0 Å². The van der Waals surface area contributed by atoms with Crippen molar-refractivity contribution >= 4 is 11.8 Å². The number of hydrogen-bond donors (Lipinski definition) is 1. The molecule has 1 aliphatic heterocycles. The predicted octanol–water partition coefficient (Wildman–Crippen LogP) is 1.95. The highest BCUT2D eigenvalue weighted by atomic mass is 16.7. The Morgan fingerprint density at radius 3 is 2.75 bits per heavy atom. The van der Waals surface area contributed by atoms with Gasteiger partial charge in [0.1, 0.15) is 11.6 Å². The van der Waals surface area contributed by atoms with E-state index < -0.39 is 11.5 Å². The standard InChI is InChI=1S/C20H18N2O6/c1-11-14(12(2)22-20(25)15(11)8-21)4-6-19(24)26-9-16(23)13-3-5-17-18(7-13)28-10-27-17/h3,5,7H,4,6,9-10H2,1-2H3,(H,22,25). The van der Waals surface area contributed by atoms with Gasteiger partial charge in [0.2, 0.25) is 6.79 Å². The Morgan fingerprint density at radius 1 is 1.25 bits per heavy atom. The molecule has 0 saturated heterocycles. The lowest BCUT2D eigenvalue weighted by Crippen LogP contribution is -2.18. The largest absolute Gasteiger partial charge is 0.457 e. The number of Topliss-reactive ketones (excluding diaryl/α,β-unsaturated/α-hetero) is 1. The Bertz CT molecular complexity index is 1050. The number of ketones is 1. The smallest absolute Gasteiger partial charge is 0.306 e. The van der Waals surface area contributed by atoms with Crippen molar-refractivity contribution in [2.45, 2.75) is 26.7 Å². The molecule has 8 heteroatoms. The molecular weight excluding hydrogens is 364 g/mol. The van der Waals surface area contributed by atoms with Gasteiger partial charge in [0, 0.05) is 17.7 Å². The molecule has 0 radical (unpaired) electrons. The molecular formula is C20H18N2O6. The fraction of sp³-hybridized carbons (Fsp3) is 0.300. The monoisotopic (exact) mass is 382 g/mol. The van der Waals surface area contributed by atoms with Crippen molar-refractivity contribution in [1.82, 2.24) is 4.98 Å². The Labute approximate surface area is 160 Å². The summed E-state index contributed by atoms with van der Waals surface area (Å²) in [6.45, 7) is 3.11. The van der Waals surface area contributed by atoms with Crippen molar-refractivity contribution in [3.63, 3.8) is 0 Å². The molecule has 0 atom stereocenters. The van der Waals surface area contributed by atoms with Gasteiger partial charge in [-0.25, -0.2) is 0 Å². The summed E-state index contributed by atoms with van der Waals surface area (Å²) in [5, 5.41) is 9.09. The zero-order chi connectivity index (χ0) is 20.3. The quantitative estimate of drug-likeness (QED) is 0.599. The maximum atomic E-state index is 12.2. The molecule has 0 fully saturated rings. The van der Waals surface area contributed by atoms with E-state index in [2.05, 4.69) is 4.98 Å². The number of nitriles is 1. The summed E-state index contributed by atoms with van der Waals surface area (Å²) < 4.78 is 15.5. The number of benzene rings is 1. The average molecular weight is 382 g/mol. The lowest BCUT2D eigenvalue weighted by molar-refractivity contribution is -0.142. The van der Waals surface area contributed by atoms with Gasteiger partial charge in [0.25, 0.3) is 5.56 Å². The summed E-state index contributed by atoms with van der Waals surface area (Å²) in [6.07, 6.45) is 0.313. The molecule has 0 amide bonds. The second-order valence-corrected chi connectivity index (χ2v) is 6.32. The predicted molar refractivity (Wildman–Crippen MR) is 97.4 cm³/mol. The second-order valence-electron chi connectivity index (χ2n) is 6.32. The Hall–Kier alpha value is -3.60. The lowest BCUT2D eigenvalue weighted by Gasteiger charge is -2.10. The van der Waals surface area contributed by atoms with Gasteiger partial charge in [0.15, 0.2) is 23.9 Å². The maximum Gasteiger partial charge on any atom is 0.306 e. The van der Waals surface area contributed by atoms with E-state index in [0.29, 0.717) is 34.7 Å². The first-order chi connectivity index (χ1) is 13.4. The van der Waals surface area contributed by atoms with E-state index in [9.17, 15) is 14.4 Å². The summed E-state index contributed by atoms with van der Waals surface area (Å²) >= 11 is 0. The van der Waals surface area contributed by atoms with Gasteiger partial charge < -0.3 is 19.2 Å². The number of H-pyrrole nitrogens is 1. The first kappa shape index (κ1) is 19.2. The van der Waals surface area contributed by atoms with E-state index in [0.717, 1.165) is 5.56 Å². The van der Waals surface area contributed by atoms with Crippen LogP contribution in [0.5, 0.6) is 11.5 Å². The Kier molecular flexibility index (Phi) is 5.45. The molecule has 8 nitrogen and oxygen atoms in total. The van der Waals surface area contributed by atoms with Gasteiger partial charge in [-0.05, 0) is 49.6 Å². The van der Waals surface area contributed by atoms with Crippen molar-refractivity contribution in [2.75, 3.05) is 13.4 Å². The van der Waals surface area contributed by atoms with Crippen LogP contribution < -0.4 is 15.0 Å². The van der Waals surface area contributed by atoms with Crippen molar-refractivity contribution in [3.8, 4) is 17.6 Å². The molecule has 0 bridgehead atoms. The fourth-order valence-electron chi connectivity index (χ4n) is 3.02. The molecule has 0 spiro atoms. The van der Waals surface area contributed by atoms with Gasteiger partial charge in [-0.1, -0.05) is 0 Å². The molecule has 2 aromatic rings. The number of hydrogen-bond acceptors (Lipinski definition) is 7. The van der Waals surface area contributed by atoms with E-state index in [-0.39, 0.29) is 31.2 Å². The third-order valence-corrected chi connectivity index (χ3v) is 4.56. The average Bonchev–Trinajstić information content (AvgIpc) is 3.13. The number of nitrogens with one attached hydrogen (secondary N) is 1. The number of ether oxygens (including phenoxy) is 3. The van der Waals surface area contributed by atoms with E-state index in [4.69, 9.17) is 19.5 Å². The van der Waals surface area contributed by atoms with Crippen molar-refractivity contribution in [3.05, 3.63) is 56.5 Å². The van der Waals surface area contributed by atoms with Gasteiger partial charge in [-0.3, -0.25) is 14.4 Å². The summed E-state index contributed by atoms with van der Waals surface area (Å²) in [5.74, 6) is 0.152. The molecule has 28 heavy (non-hydrogen) atoms. The molecule has 0 unspecified atom stereocenters. The minimum atomic E-state index is -0.544. The third-order valence-electron chi connectivity index (χ3n) is 4.56. The van der Waals surface area contributed by atoms with Crippen LogP contribution in [0.25, 0.3) is 0 Å². The second kappa shape index (κ2) is 7.96. The molecule has 2 heterocycles. The number of pyridine rings is 1. The van der Waals surface area contributed by atoms with Crippen LogP contribution in [-0.2, 0) is 16.0 Å². The fourth-order valence-corrected chi connectivity index (χ4v) is 3.02. The highest BCUT2D eigenvalue weighted by Crippen LogP contribution is 2.32. The summed E-state index contributed by atoms with van der Waals surface area (Å²) in [7, 11) is 0. The van der Waals surface area contributed by atoms with Gasteiger partial charge in [-0.15, -0.1) is 0 Å². The minimum absolute atomic E-state index is 0.0208. The van der Waals surface area contributed by atoms with Crippen LogP contribution >= 0.6 is 0 Å². The van der Waals surface area contributed by atoms with Crippen molar-refractivity contribution in [1.29, 1.82) is 5.26 Å². The lowest BCUT2D eigenvalue weighted by atomic mass is 9.99. The summed E-state index contributed by atoms with van der Waals surface area (Å²) in [4.78, 5) is 38.6. The summed E-state index contributed by atoms with van der Waals surface area (Å²) in [5.41, 5.74) is 1.82. The number of rotatable bonds is 6. The van der Waals surface area contributed by atoms with Crippen molar-refractivity contribution in [2.24, 2.45) is 0 Å². The van der Waals surface area contributed by atoms with E-state index in [1.165, 1.54) is 0 Å². The van der Waals surface area contributed by atoms with Gasteiger partial charge in [-0.2, -0.15) is 5.26 Å². The summed E-state index contributed by atoms with van der Waals surface area (Å²) in [6, 6.07) is 6.64. The molecule has 1 aliphatic rings. The molecule has 0 saturated carbocycles. The number of carbonyl (C=O) groups excluding carboxylic acids is 2. The number of aromatic amines is 1. The van der Waals surface area contributed by atoms with Crippen LogP contribution in [0, 0.1) is 25.2 Å². The molecule has 144 valence electrons. The highest BCUT2D eigenvalue weighted by molar-refractivity contribution is 5.98. The first-order valence-electron chi connectivity index (χ1n) is 8.61. The molecule has 1 aromatic carbocycles. The number of aryl methyl sites for hydroxylation is 1. The maximum absolute atomic E-state index is 12.2. The highest BCUT2D eigenvalue weighted by Gasteiger charge is 2.18. The number of carbonyl (C=O) groups is 2. The van der Waals surface area contributed by atoms with Crippen LogP contribution in [0.3, 0.4) is 0 Å². The number of nitrogens with zero attached hydrogens (tertiary/aromatic N) is 1. The molecule has 3 rings (SSSR count).